The number of hydrogen-bond acceptors (Lipinski definition) is 5. The highest BCUT2D eigenvalue weighted by atomic mass is 16.5. The van der Waals surface area contributed by atoms with Crippen molar-refractivity contribution in [1.29, 1.82) is 0 Å². The topological polar surface area (TPSA) is 49.2 Å². The third kappa shape index (κ3) is 4.13. The summed E-state index contributed by atoms with van der Waals surface area (Å²) in [4.78, 5) is 18.6. The van der Waals surface area contributed by atoms with Gasteiger partial charge in [-0.1, -0.05) is 0 Å². The summed E-state index contributed by atoms with van der Waals surface area (Å²) in [6.45, 7) is 5.58. The van der Waals surface area contributed by atoms with Crippen molar-refractivity contribution in [2.45, 2.75) is 25.0 Å². The van der Waals surface area contributed by atoms with E-state index >= 15 is 0 Å². The maximum Gasteiger partial charge on any atom is 0.248 e. The van der Waals surface area contributed by atoms with Crippen LogP contribution in [0.2, 0.25) is 0 Å². The summed E-state index contributed by atoms with van der Waals surface area (Å²) in [6.07, 6.45) is 5.50. The van der Waals surface area contributed by atoms with Crippen molar-refractivity contribution in [3.8, 4) is 0 Å². The molecule has 0 N–H and O–H groups in total. The van der Waals surface area contributed by atoms with Crippen molar-refractivity contribution < 1.29 is 13.9 Å². The Kier molecular flexibility index (Phi) is 5.04. The molecule has 2 aliphatic heterocycles. The second-order valence-electron chi connectivity index (χ2n) is 7.00. The average Bonchev–Trinajstić information content (AvgIpc) is 3.04. The van der Waals surface area contributed by atoms with Gasteiger partial charge in [-0.15, -0.1) is 0 Å². The molecule has 0 saturated carbocycles. The summed E-state index contributed by atoms with van der Waals surface area (Å²) < 4.78 is 11.1. The molecular formula is C17H27N3O3. The smallest absolute Gasteiger partial charge is 0.248 e. The number of amides is 1. The molecular weight excluding hydrogens is 294 g/mol. The Morgan fingerprint density at radius 2 is 2.09 bits per heavy atom. The molecule has 1 amide bonds. The van der Waals surface area contributed by atoms with Gasteiger partial charge in [0.05, 0.1) is 18.1 Å². The number of rotatable bonds is 5. The highest BCUT2D eigenvalue weighted by Gasteiger charge is 2.42. The first-order valence-electron chi connectivity index (χ1n) is 8.36. The zero-order valence-corrected chi connectivity index (χ0v) is 14.2. The molecule has 1 aromatic rings. The van der Waals surface area contributed by atoms with E-state index < -0.39 is 0 Å². The lowest BCUT2D eigenvalue weighted by Crippen LogP contribution is -2.59. The molecule has 0 aliphatic carbocycles. The Labute approximate surface area is 138 Å². The number of furan rings is 1. The fourth-order valence-electron chi connectivity index (χ4n) is 3.37. The van der Waals surface area contributed by atoms with Gasteiger partial charge in [0, 0.05) is 44.8 Å². The van der Waals surface area contributed by atoms with Gasteiger partial charge in [-0.05, 0) is 33.0 Å². The number of hydrogen-bond donors (Lipinski definition) is 0. The van der Waals surface area contributed by atoms with Crippen molar-refractivity contribution in [1.82, 2.24) is 14.7 Å². The van der Waals surface area contributed by atoms with Gasteiger partial charge in [-0.3, -0.25) is 9.69 Å². The molecule has 3 heterocycles. The third-order valence-corrected chi connectivity index (χ3v) is 4.90. The fraction of sp³-hybridized carbons (Fsp3) is 0.706. The van der Waals surface area contributed by atoms with Crippen LogP contribution in [0.3, 0.4) is 0 Å². The summed E-state index contributed by atoms with van der Waals surface area (Å²) in [5.41, 5.74) is 1.07. The molecule has 0 radical (unpaired) electrons. The summed E-state index contributed by atoms with van der Waals surface area (Å²) in [5, 5.41) is 0. The minimum atomic E-state index is -0.146. The van der Waals surface area contributed by atoms with Crippen molar-refractivity contribution in [2.24, 2.45) is 0 Å². The zero-order valence-electron chi connectivity index (χ0n) is 14.2. The first-order valence-corrected chi connectivity index (χ1v) is 8.36. The van der Waals surface area contributed by atoms with E-state index in [4.69, 9.17) is 9.15 Å². The van der Waals surface area contributed by atoms with Gasteiger partial charge in [-0.25, -0.2) is 0 Å². The SMILES string of the molecule is CN(C)CCN1CC2(CCN(Cc3ccoc3)CC2)OCC1=O. The molecule has 23 heavy (non-hydrogen) atoms. The molecule has 6 nitrogen and oxygen atoms in total. The van der Waals surface area contributed by atoms with Crippen molar-refractivity contribution in [2.75, 3.05) is 53.4 Å². The predicted octanol–water partition coefficient (Wildman–Crippen LogP) is 1.03. The summed E-state index contributed by atoms with van der Waals surface area (Å²) in [6, 6.07) is 2.02. The van der Waals surface area contributed by atoms with E-state index in [1.54, 1.807) is 6.26 Å². The Morgan fingerprint density at radius 3 is 2.74 bits per heavy atom. The first kappa shape index (κ1) is 16.5. The van der Waals surface area contributed by atoms with Gasteiger partial charge in [0.25, 0.3) is 0 Å². The Balaban J connectivity index is 1.53. The van der Waals surface area contributed by atoms with E-state index in [2.05, 4.69) is 9.80 Å². The first-order chi connectivity index (χ1) is 11.1. The Morgan fingerprint density at radius 1 is 1.30 bits per heavy atom. The maximum atomic E-state index is 12.1. The van der Waals surface area contributed by atoms with Crippen LogP contribution in [-0.4, -0.2) is 79.6 Å². The van der Waals surface area contributed by atoms with Crippen LogP contribution in [-0.2, 0) is 16.1 Å². The molecule has 2 saturated heterocycles. The summed E-state index contributed by atoms with van der Waals surface area (Å²) >= 11 is 0. The molecule has 1 aromatic heterocycles. The van der Waals surface area contributed by atoms with Gasteiger partial charge >= 0.3 is 0 Å². The molecule has 0 aromatic carbocycles. The predicted molar refractivity (Wildman–Crippen MR) is 87.0 cm³/mol. The van der Waals surface area contributed by atoms with E-state index in [-0.39, 0.29) is 18.1 Å². The number of likely N-dealkylation sites (tertiary alicyclic amines) is 1. The average molecular weight is 321 g/mol. The van der Waals surface area contributed by atoms with Crippen molar-refractivity contribution in [3.05, 3.63) is 24.2 Å². The van der Waals surface area contributed by atoms with Gasteiger partial charge < -0.3 is 19.0 Å². The number of carbonyl (C=O) groups is 1. The van der Waals surface area contributed by atoms with E-state index in [0.717, 1.165) is 52.1 Å². The minimum Gasteiger partial charge on any atom is -0.472 e. The normalized spacial score (nSPS) is 22.2. The highest BCUT2D eigenvalue weighted by molar-refractivity contribution is 5.78. The van der Waals surface area contributed by atoms with Crippen LogP contribution < -0.4 is 0 Å². The summed E-state index contributed by atoms with van der Waals surface area (Å²) in [7, 11) is 4.07. The lowest BCUT2D eigenvalue weighted by Gasteiger charge is -2.47. The van der Waals surface area contributed by atoms with Gasteiger partial charge in [-0.2, -0.15) is 0 Å². The van der Waals surface area contributed by atoms with Crippen LogP contribution in [0.25, 0.3) is 0 Å². The molecule has 3 rings (SSSR count). The highest BCUT2D eigenvalue weighted by Crippen LogP contribution is 2.31. The molecule has 2 aliphatic rings. The molecule has 1 spiro atoms. The van der Waals surface area contributed by atoms with Crippen LogP contribution in [0.1, 0.15) is 18.4 Å². The maximum absolute atomic E-state index is 12.1. The monoisotopic (exact) mass is 321 g/mol. The van der Waals surface area contributed by atoms with E-state index in [1.807, 2.05) is 31.3 Å². The van der Waals surface area contributed by atoms with Crippen LogP contribution in [0.15, 0.2) is 23.0 Å². The van der Waals surface area contributed by atoms with Gasteiger partial charge in [0.15, 0.2) is 0 Å². The number of likely N-dealkylation sites (N-methyl/N-ethyl adjacent to an activating group) is 1. The number of carbonyl (C=O) groups excluding carboxylic acids is 1. The quantitative estimate of drug-likeness (QED) is 0.811. The molecule has 0 unspecified atom stereocenters. The molecule has 0 bridgehead atoms. The molecule has 6 heteroatoms. The second kappa shape index (κ2) is 7.03. The fourth-order valence-corrected chi connectivity index (χ4v) is 3.37. The van der Waals surface area contributed by atoms with Crippen LogP contribution in [0.5, 0.6) is 0 Å². The minimum absolute atomic E-state index is 0.123. The Hall–Kier alpha value is -1.37. The lowest BCUT2D eigenvalue weighted by molar-refractivity contribution is -0.171. The molecule has 2 fully saturated rings. The van der Waals surface area contributed by atoms with Crippen LogP contribution in [0.4, 0.5) is 0 Å². The largest absolute Gasteiger partial charge is 0.472 e. The lowest BCUT2D eigenvalue weighted by atomic mass is 9.89. The molecule has 0 atom stereocenters. The van der Waals surface area contributed by atoms with Crippen molar-refractivity contribution >= 4 is 5.91 Å². The number of piperidine rings is 1. The number of ether oxygens (including phenoxy) is 1. The summed E-state index contributed by atoms with van der Waals surface area (Å²) in [5.74, 6) is 0.123. The zero-order chi connectivity index (χ0) is 16.3. The van der Waals surface area contributed by atoms with Gasteiger partial charge in [0.1, 0.15) is 6.61 Å². The van der Waals surface area contributed by atoms with Crippen molar-refractivity contribution in [3.63, 3.8) is 0 Å². The second-order valence-corrected chi connectivity index (χ2v) is 7.00. The van der Waals surface area contributed by atoms with Crippen LogP contribution >= 0.6 is 0 Å². The number of morpholine rings is 1. The number of nitrogens with zero attached hydrogens (tertiary/aromatic N) is 3. The Bertz CT molecular complexity index is 507. The molecule has 128 valence electrons. The van der Waals surface area contributed by atoms with E-state index in [1.165, 1.54) is 5.56 Å². The van der Waals surface area contributed by atoms with Gasteiger partial charge in [0.2, 0.25) is 5.91 Å². The standard InChI is InChI=1S/C17H27N3O3/c1-18(2)8-9-20-14-17(23-13-16(20)21)4-6-19(7-5-17)11-15-3-10-22-12-15/h3,10,12H,4-9,11,13-14H2,1-2H3. The third-order valence-electron chi connectivity index (χ3n) is 4.90. The van der Waals surface area contributed by atoms with E-state index in [9.17, 15) is 4.79 Å². The van der Waals surface area contributed by atoms with Crippen LogP contribution in [0, 0.1) is 0 Å². The van der Waals surface area contributed by atoms with E-state index in [0.29, 0.717) is 0 Å².